The van der Waals surface area contributed by atoms with Crippen molar-refractivity contribution in [3.63, 3.8) is 0 Å². The first-order valence-corrected chi connectivity index (χ1v) is 9.13. The van der Waals surface area contributed by atoms with Crippen LogP contribution in [0, 0.1) is 12.8 Å². The van der Waals surface area contributed by atoms with E-state index >= 15 is 0 Å². The molecule has 0 amide bonds. The first kappa shape index (κ1) is 18.4. The van der Waals surface area contributed by atoms with Crippen LogP contribution in [-0.2, 0) is 13.1 Å². The molecule has 5 heteroatoms. The fourth-order valence-corrected chi connectivity index (χ4v) is 3.36. The fraction of sp³-hybridized carbons (Fsp3) is 0.833. The molecular formula is C18H34N4O. The second-order valence-corrected chi connectivity index (χ2v) is 7.22. The topological polar surface area (TPSA) is 44.5 Å². The minimum atomic E-state index is 0.281. The van der Waals surface area contributed by atoms with Crippen LogP contribution in [-0.4, -0.2) is 63.5 Å². The smallest absolute Gasteiger partial charge is 0.0638 e. The molecule has 1 N–H and O–H groups in total. The van der Waals surface area contributed by atoms with E-state index in [2.05, 4.69) is 48.8 Å². The second kappa shape index (κ2) is 8.81. The fourth-order valence-electron chi connectivity index (χ4n) is 3.36. The molecule has 1 fully saturated rings. The summed E-state index contributed by atoms with van der Waals surface area (Å²) in [5.41, 5.74) is 2.48. The molecular weight excluding hydrogens is 288 g/mol. The summed E-state index contributed by atoms with van der Waals surface area (Å²) in [7, 11) is 0. The SMILES string of the molecule is CCn1cc(CN2CCN(CCC(C)C)[C@@H](CCO)C2)c(C)n1. The third-order valence-electron chi connectivity index (χ3n) is 4.91. The van der Waals surface area contributed by atoms with Gasteiger partial charge in [0.05, 0.1) is 5.69 Å². The van der Waals surface area contributed by atoms with E-state index in [-0.39, 0.29) is 6.61 Å². The number of hydrogen-bond donors (Lipinski definition) is 1. The molecule has 1 aliphatic heterocycles. The molecule has 0 unspecified atom stereocenters. The van der Waals surface area contributed by atoms with Crippen LogP contribution in [0.3, 0.4) is 0 Å². The summed E-state index contributed by atoms with van der Waals surface area (Å²) >= 11 is 0. The number of nitrogens with zero attached hydrogens (tertiary/aromatic N) is 4. The van der Waals surface area contributed by atoms with E-state index in [0.29, 0.717) is 6.04 Å². The predicted octanol–water partition coefficient (Wildman–Crippen LogP) is 2.13. The van der Waals surface area contributed by atoms with Crippen LogP contribution in [0.25, 0.3) is 0 Å². The Morgan fingerprint density at radius 2 is 2.13 bits per heavy atom. The lowest BCUT2D eigenvalue weighted by Crippen LogP contribution is -2.53. The number of rotatable bonds is 8. The summed E-state index contributed by atoms with van der Waals surface area (Å²) in [6.45, 7) is 15.4. The van der Waals surface area contributed by atoms with Crippen molar-refractivity contribution >= 4 is 0 Å². The Bertz CT molecular complexity index is 472. The van der Waals surface area contributed by atoms with Gasteiger partial charge < -0.3 is 5.11 Å². The summed E-state index contributed by atoms with van der Waals surface area (Å²) in [5.74, 6) is 0.741. The molecule has 0 saturated carbocycles. The normalized spacial score (nSPS) is 20.5. The lowest BCUT2D eigenvalue weighted by molar-refractivity contribution is 0.0523. The van der Waals surface area contributed by atoms with Crippen LogP contribution in [0.1, 0.15) is 44.9 Å². The van der Waals surface area contributed by atoms with E-state index in [4.69, 9.17) is 0 Å². The van der Waals surface area contributed by atoms with Crippen molar-refractivity contribution in [2.75, 3.05) is 32.8 Å². The Kier molecular flexibility index (Phi) is 7.06. The molecule has 1 atom stereocenters. The van der Waals surface area contributed by atoms with Gasteiger partial charge in [-0.15, -0.1) is 0 Å². The molecule has 2 heterocycles. The Balaban J connectivity index is 1.93. The highest BCUT2D eigenvalue weighted by molar-refractivity contribution is 5.15. The van der Waals surface area contributed by atoms with E-state index in [1.54, 1.807) is 0 Å². The van der Waals surface area contributed by atoms with Gasteiger partial charge in [0.2, 0.25) is 0 Å². The molecule has 1 aromatic heterocycles. The van der Waals surface area contributed by atoms with Crippen LogP contribution in [0.4, 0.5) is 0 Å². The van der Waals surface area contributed by atoms with Gasteiger partial charge in [0.25, 0.3) is 0 Å². The van der Waals surface area contributed by atoms with Crippen molar-refractivity contribution in [2.45, 2.75) is 59.7 Å². The average molecular weight is 322 g/mol. The third kappa shape index (κ3) is 5.30. The van der Waals surface area contributed by atoms with Gasteiger partial charge in [-0.2, -0.15) is 5.10 Å². The van der Waals surface area contributed by atoms with Crippen molar-refractivity contribution in [3.05, 3.63) is 17.5 Å². The molecule has 23 heavy (non-hydrogen) atoms. The predicted molar refractivity (Wildman–Crippen MR) is 94.4 cm³/mol. The molecule has 0 radical (unpaired) electrons. The van der Waals surface area contributed by atoms with Crippen LogP contribution in [0.5, 0.6) is 0 Å². The summed E-state index contributed by atoms with van der Waals surface area (Å²) in [5, 5.41) is 14.0. The van der Waals surface area contributed by atoms with Crippen molar-refractivity contribution in [1.82, 2.24) is 19.6 Å². The molecule has 1 aliphatic rings. The number of aliphatic hydroxyl groups excluding tert-OH is 1. The lowest BCUT2D eigenvalue weighted by atomic mass is 10.1. The summed E-state index contributed by atoms with van der Waals surface area (Å²) in [6, 6.07) is 0.481. The summed E-state index contributed by atoms with van der Waals surface area (Å²) in [4.78, 5) is 5.10. The average Bonchev–Trinajstić information content (AvgIpc) is 2.87. The molecule has 5 nitrogen and oxygen atoms in total. The van der Waals surface area contributed by atoms with Gasteiger partial charge in [-0.05, 0) is 39.2 Å². The van der Waals surface area contributed by atoms with Crippen molar-refractivity contribution in [3.8, 4) is 0 Å². The quantitative estimate of drug-likeness (QED) is 0.796. The maximum atomic E-state index is 9.41. The van der Waals surface area contributed by atoms with Crippen LogP contribution in [0.2, 0.25) is 0 Å². The van der Waals surface area contributed by atoms with E-state index in [9.17, 15) is 5.11 Å². The largest absolute Gasteiger partial charge is 0.396 e. The molecule has 0 spiro atoms. The Morgan fingerprint density at radius 1 is 1.35 bits per heavy atom. The zero-order valence-corrected chi connectivity index (χ0v) is 15.3. The zero-order valence-electron chi connectivity index (χ0n) is 15.3. The highest BCUT2D eigenvalue weighted by atomic mass is 16.3. The van der Waals surface area contributed by atoms with Crippen LogP contribution < -0.4 is 0 Å². The molecule has 2 rings (SSSR count). The molecule has 132 valence electrons. The number of piperazine rings is 1. The number of hydrogen-bond acceptors (Lipinski definition) is 4. The molecule has 0 aromatic carbocycles. The van der Waals surface area contributed by atoms with Gasteiger partial charge in [0, 0.05) is 57.1 Å². The monoisotopic (exact) mass is 322 g/mol. The Labute approximate surface area is 141 Å². The number of aliphatic hydroxyl groups is 1. The van der Waals surface area contributed by atoms with E-state index < -0.39 is 0 Å². The van der Waals surface area contributed by atoms with E-state index in [1.807, 2.05) is 4.68 Å². The molecule has 1 saturated heterocycles. The van der Waals surface area contributed by atoms with Crippen LogP contribution >= 0.6 is 0 Å². The van der Waals surface area contributed by atoms with Gasteiger partial charge in [0.1, 0.15) is 0 Å². The first-order valence-electron chi connectivity index (χ1n) is 9.13. The molecule has 1 aromatic rings. The molecule has 0 bridgehead atoms. The summed E-state index contributed by atoms with van der Waals surface area (Å²) < 4.78 is 2.02. The first-order chi connectivity index (χ1) is 11.0. The minimum absolute atomic E-state index is 0.281. The standard InChI is InChI=1S/C18H34N4O/c1-5-22-13-17(16(4)19-22)12-20-9-10-21(8-6-15(2)3)18(14-20)7-11-23/h13,15,18,23H,5-12,14H2,1-4H3/t18-/m0/s1. The maximum Gasteiger partial charge on any atom is 0.0638 e. The number of aryl methyl sites for hydroxylation is 2. The van der Waals surface area contributed by atoms with Crippen molar-refractivity contribution in [2.24, 2.45) is 5.92 Å². The van der Waals surface area contributed by atoms with Gasteiger partial charge >= 0.3 is 0 Å². The summed E-state index contributed by atoms with van der Waals surface area (Å²) in [6.07, 6.45) is 4.30. The minimum Gasteiger partial charge on any atom is -0.396 e. The Hall–Kier alpha value is -0.910. The third-order valence-corrected chi connectivity index (χ3v) is 4.91. The highest BCUT2D eigenvalue weighted by Gasteiger charge is 2.26. The number of aromatic nitrogens is 2. The zero-order chi connectivity index (χ0) is 16.8. The highest BCUT2D eigenvalue weighted by Crippen LogP contribution is 2.18. The van der Waals surface area contributed by atoms with Gasteiger partial charge in [-0.1, -0.05) is 13.8 Å². The maximum absolute atomic E-state index is 9.41. The van der Waals surface area contributed by atoms with E-state index in [1.165, 1.54) is 12.0 Å². The van der Waals surface area contributed by atoms with Gasteiger partial charge in [0.15, 0.2) is 0 Å². The van der Waals surface area contributed by atoms with E-state index in [0.717, 1.165) is 57.3 Å². The molecule has 0 aliphatic carbocycles. The van der Waals surface area contributed by atoms with Crippen LogP contribution in [0.15, 0.2) is 6.20 Å². The van der Waals surface area contributed by atoms with Gasteiger partial charge in [-0.3, -0.25) is 14.5 Å². The van der Waals surface area contributed by atoms with Crippen molar-refractivity contribution in [1.29, 1.82) is 0 Å². The second-order valence-electron chi connectivity index (χ2n) is 7.22. The van der Waals surface area contributed by atoms with Crippen molar-refractivity contribution < 1.29 is 5.11 Å². The Morgan fingerprint density at radius 3 is 2.74 bits per heavy atom. The lowest BCUT2D eigenvalue weighted by Gasteiger charge is -2.41. The van der Waals surface area contributed by atoms with Gasteiger partial charge in [-0.25, -0.2) is 0 Å².